The van der Waals surface area contributed by atoms with Gasteiger partial charge in [-0.05, 0) is 25.7 Å². The van der Waals surface area contributed by atoms with Gasteiger partial charge in [0, 0.05) is 45.8 Å². The van der Waals surface area contributed by atoms with Gasteiger partial charge in [0.05, 0.1) is 0 Å². The molecule has 3 aliphatic rings. The normalized spacial score (nSPS) is 27.2. The van der Waals surface area contributed by atoms with Crippen LogP contribution in [0.1, 0.15) is 25.7 Å². The van der Waals surface area contributed by atoms with E-state index in [1.165, 1.54) is 0 Å². The van der Waals surface area contributed by atoms with Crippen LogP contribution in [0.4, 0.5) is 4.79 Å². The van der Waals surface area contributed by atoms with Crippen LogP contribution in [0.3, 0.4) is 0 Å². The van der Waals surface area contributed by atoms with Crippen molar-refractivity contribution in [1.29, 1.82) is 0 Å². The second-order valence-corrected chi connectivity index (χ2v) is 5.90. The molecule has 3 saturated heterocycles. The lowest BCUT2D eigenvalue weighted by Gasteiger charge is -2.34. The summed E-state index contributed by atoms with van der Waals surface area (Å²) in [6.45, 7) is 5.69. The van der Waals surface area contributed by atoms with Gasteiger partial charge in [0.1, 0.15) is 6.04 Å². The fraction of sp³-hybridized carbons (Fsp3) is 0.857. The largest absolute Gasteiger partial charge is 0.338 e. The van der Waals surface area contributed by atoms with E-state index in [2.05, 4.69) is 5.32 Å². The molecule has 0 saturated carbocycles. The van der Waals surface area contributed by atoms with Gasteiger partial charge in [-0.1, -0.05) is 0 Å². The molecule has 0 radical (unpaired) electrons. The maximum atomic E-state index is 12.6. The summed E-state index contributed by atoms with van der Waals surface area (Å²) in [5, 5.41) is 3.26. The van der Waals surface area contributed by atoms with Gasteiger partial charge < -0.3 is 20.0 Å². The van der Waals surface area contributed by atoms with Crippen molar-refractivity contribution in [2.24, 2.45) is 0 Å². The van der Waals surface area contributed by atoms with Gasteiger partial charge in [-0.3, -0.25) is 4.79 Å². The summed E-state index contributed by atoms with van der Waals surface area (Å²) in [4.78, 5) is 30.8. The Hall–Kier alpha value is -1.30. The Morgan fingerprint density at radius 1 is 0.850 bits per heavy atom. The van der Waals surface area contributed by atoms with Crippen molar-refractivity contribution in [1.82, 2.24) is 20.0 Å². The molecule has 0 aromatic rings. The number of piperazine rings is 1. The zero-order valence-electron chi connectivity index (χ0n) is 12.0. The molecule has 3 fully saturated rings. The van der Waals surface area contributed by atoms with Gasteiger partial charge in [0.25, 0.3) is 0 Å². The number of rotatable bonds is 1. The number of carbonyl (C=O) groups is 2. The van der Waals surface area contributed by atoms with Crippen LogP contribution in [0.5, 0.6) is 0 Å². The first kappa shape index (κ1) is 13.7. The zero-order chi connectivity index (χ0) is 13.9. The molecule has 3 amide bonds. The molecular formula is C14H24N4O2. The monoisotopic (exact) mass is 280 g/mol. The highest BCUT2D eigenvalue weighted by molar-refractivity contribution is 5.88. The predicted octanol–water partition coefficient (Wildman–Crippen LogP) is 0.0984. The molecule has 1 unspecified atom stereocenters. The van der Waals surface area contributed by atoms with Gasteiger partial charge in [0.2, 0.25) is 5.91 Å². The molecule has 0 aromatic carbocycles. The standard InChI is InChI=1S/C14H24N4O2/c19-13(16-10-5-15-6-11-16)12-4-3-9-18(12)14(20)17-7-1-2-8-17/h12,15H,1-11H2. The number of hydrogen-bond acceptors (Lipinski definition) is 3. The number of carbonyl (C=O) groups excluding carboxylic acids is 2. The Morgan fingerprint density at radius 3 is 2.25 bits per heavy atom. The average molecular weight is 280 g/mol. The van der Waals surface area contributed by atoms with E-state index in [9.17, 15) is 9.59 Å². The quantitative estimate of drug-likeness (QED) is 0.741. The molecule has 0 aliphatic carbocycles. The first-order chi connectivity index (χ1) is 9.77. The number of hydrogen-bond donors (Lipinski definition) is 1. The van der Waals surface area contributed by atoms with E-state index in [0.29, 0.717) is 0 Å². The lowest BCUT2D eigenvalue weighted by Crippen LogP contribution is -2.55. The minimum Gasteiger partial charge on any atom is -0.338 e. The maximum Gasteiger partial charge on any atom is 0.320 e. The fourth-order valence-corrected chi connectivity index (χ4v) is 3.44. The molecule has 1 atom stereocenters. The van der Waals surface area contributed by atoms with Crippen molar-refractivity contribution in [2.45, 2.75) is 31.7 Å². The Kier molecular flexibility index (Phi) is 4.10. The van der Waals surface area contributed by atoms with Gasteiger partial charge in [-0.25, -0.2) is 4.79 Å². The molecule has 3 aliphatic heterocycles. The highest BCUT2D eigenvalue weighted by atomic mass is 16.2. The summed E-state index contributed by atoms with van der Waals surface area (Å²) in [6, 6.07) is -0.144. The highest BCUT2D eigenvalue weighted by Crippen LogP contribution is 2.23. The third kappa shape index (κ3) is 2.61. The van der Waals surface area contributed by atoms with E-state index in [4.69, 9.17) is 0 Å². The number of urea groups is 1. The van der Waals surface area contributed by atoms with E-state index in [1.807, 2.05) is 14.7 Å². The molecule has 112 valence electrons. The summed E-state index contributed by atoms with van der Waals surface area (Å²) in [5.74, 6) is 0.150. The van der Waals surface area contributed by atoms with Gasteiger partial charge in [-0.2, -0.15) is 0 Å². The summed E-state index contributed by atoms with van der Waals surface area (Å²) in [7, 11) is 0. The molecule has 20 heavy (non-hydrogen) atoms. The van der Waals surface area contributed by atoms with E-state index in [-0.39, 0.29) is 18.0 Å². The smallest absolute Gasteiger partial charge is 0.320 e. The van der Waals surface area contributed by atoms with Crippen LogP contribution >= 0.6 is 0 Å². The number of nitrogens with one attached hydrogen (secondary N) is 1. The summed E-state index contributed by atoms with van der Waals surface area (Å²) >= 11 is 0. The Labute approximate surface area is 120 Å². The molecule has 0 aromatic heterocycles. The third-order valence-electron chi connectivity index (χ3n) is 4.59. The van der Waals surface area contributed by atoms with Gasteiger partial charge >= 0.3 is 6.03 Å². The first-order valence-corrected chi connectivity index (χ1v) is 7.82. The number of nitrogens with zero attached hydrogens (tertiary/aromatic N) is 3. The molecule has 3 heterocycles. The molecule has 0 spiro atoms. The maximum absolute atomic E-state index is 12.6. The number of likely N-dealkylation sites (tertiary alicyclic amines) is 2. The summed E-state index contributed by atoms with van der Waals surface area (Å²) in [5.41, 5.74) is 0. The van der Waals surface area contributed by atoms with Gasteiger partial charge in [-0.15, -0.1) is 0 Å². The van der Waals surface area contributed by atoms with Crippen molar-refractivity contribution < 1.29 is 9.59 Å². The van der Waals surface area contributed by atoms with Crippen molar-refractivity contribution in [3.63, 3.8) is 0 Å². The van der Waals surface area contributed by atoms with Crippen LogP contribution in [-0.2, 0) is 4.79 Å². The third-order valence-corrected chi connectivity index (χ3v) is 4.59. The van der Waals surface area contributed by atoms with Crippen LogP contribution < -0.4 is 5.32 Å². The molecule has 6 nitrogen and oxygen atoms in total. The van der Waals surface area contributed by atoms with E-state index < -0.39 is 0 Å². The fourth-order valence-electron chi connectivity index (χ4n) is 3.44. The first-order valence-electron chi connectivity index (χ1n) is 7.82. The Morgan fingerprint density at radius 2 is 1.55 bits per heavy atom. The van der Waals surface area contributed by atoms with Crippen LogP contribution in [0.15, 0.2) is 0 Å². The Balaban J connectivity index is 1.65. The topological polar surface area (TPSA) is 55.9 Å². The molecule has 6 heteroatoms. The zero-order valence-corrected chi connectivity index (χ0v) is 12.0. The van der Waals surface area contributed by atoms with E-state index in [1.54, 1.807) is 0 Å². The molecular weight excluding hydrogens is 256 g/mol. The molecule has 1 N–H and O–H groups in total. The van der Waals surface area contributed by atoms with Crippen molar-refractivity contribution in [3.8, 4) is 0 Å². The SMILES string of the molecule is O=C(C1CCCN1C(=O)N1CCCC1)N1CCNCC1. The van der Waals surface area contributed by atoms with Crippen LogP contribution in [0, 0.1) is 0 Å². The van der Waals surface area contributed by atoms with Crippen LogP contribution in [-0.4, -0.2) is 78.5 Å². The molecule has 3 rings (SSSR count). The average Bonchev–Trinajstić information content (AvgIpc) is 3.18. The van der Waals surface area contributed by atoms with Crippen LogP contribution in [0.2, 0.25) is 0 Å². The van der Waals surface area contributed by atoms with Crippen molar-refractivity contribution >= 4 is 11.9 Å². The minimum absolute atomic E-state index is 0.0773. The second-order valence-electron chi connectivity index (χ2n) is 5.90. The van der Waals surface area contributed by atoms with Crippen molar-refractivity contribution in [3.05, 3.63) is 0 Å². The number of amides is 3. The molecule has 0 bridgehead atoms. The lowest BCUT2D eigenvalue weighted by molar-refractivity contribution is -0.135. The minimum atomic E-state index is -0.221. The van der Waals surface area contributed by atoms with Crippen LogP contribution in [0.25, 0.3) is 0 Å². The lowest BCUT2D eigenvalue weighted by atomic mass is 10.2. The van der Waals surface area contributed by atoms with E-state index in [0.717, 1.165) is 71.5 Å². The summed E-state index contributed by atoms with van der Waals surface area (Å²) in [6.07, 6.45) is 3.95. The second kappa shape index (κ2) is 5.99. The van der Waals surface area contributed by atoms with Crippen molar-refractivity contribution in [2.75, 3.05) is 45.8 Å². The van der Waals surface area contributed by atoms with Gasteiger partial charge in [0.15, 0.2) is 0 Å². The summed E-state index contributed by atoms with van der Waals surface area (Å²) < 4.78 is 0. The predicted molar refractivity (Wildman–Crippen MR) is 75.4 cm³/mol. The highest BCUT2D eigenvalue weighted by Gasteiger charge is 2.38. The Bertz CT molecular complexity index is 375. The van der Waals surface area contributed by atoms with E-state index >= 15 is 0 Å².